The molecule has 7 heteroatoms. The molecule has 6 nitrogen and oxygen atoms in total. The number of hydrogen-bond donors (Lipinski definition) is 1. The van der Waals surface area contributed by atoms with Gasteiger partial charge in [-0.15, -0.1) is 0 Å². The van der Waals surface area contributed by atoms with Gasteiger partial charge >= 0.3 is 5.97 Å². The number of rotatable bonds is 4. The van der Waals surface area contributed by atoms with Crippen molar-refractivity contribution in [2.24, 2.45) is 0 Å². The van der Waals surface area contributed by atoms with E-state index in [-0.39, 0.29) is 5.01 Å². The maximum atomic E-state index is 10.7. The molecule has 0 spiro atoms. The molecule has 1 N–H and O–H groups in total. The quantitative estimate of drug-likeness (QED) is 0.871. The second-order valence-electron chi connectivity index (χ2n) is 4.82. The van der Waals surface area contributed by atoms with Gasteiger partial charge in [0.1, 0.15) is 0 Å². The molecule has 0 aliphatic carbocycles. The van der Waals surface area contributed by atoms with Crippen molar-refractivity contribution in [1.29, 1.82) is 0 Å². The highest BCUT2D eigenvalue weighted by molar-refractivity contribution is 7.07. The summed E-state index contributed by atoms with van der Waals surface area (Å²) in [5, 5.41) is 8.88. The summed E-state index contributed by atoms with van der Waals surface area (Å²) >= 11 is 0.956. The maximum absolute atomic E-state index is 10.7. The molecule has 1 fully saturated rings. The van der Waals surface area contributed by atoms with Gasteiger partial charge in [0.2, 0.25) is 5.01 Å². The van der Waals surface area contributed by atoms with Crippen molar-refractivity contribution >= 4 is 17.5 Å². The van der Waals surface area contributed by atoms with Crippen molar-refractivity contribution in [3.63, 3.8) is 0 Å². The van der Waals surface area contributed by atoms with Gasteiger partial charge in [-0.25, -0.2) is 9.78 Å². The summed E-state index contributed by atoms with van der Waals surface area (Å²) in [5.41, 5.74) is 0. The van der Waals surface area contributed by atoms with Gasteiger partial charge in [-0.1, -0.05) is 0 Å². The minimum absolute atomic E-state index is 0.0752. The molecule has 0 saturated carbocycles. The number of carboxylic acids is 1. The van der Waals surface area contributed by atoms with E-state index >= 15 is 0 Å². The number of likely N-dealkylation sites (tertiary alicyclic amines) is 1. The van der Waals surface area contributed by atoms with Crippen LogP contribution < -0.4 is 0 Å². The Balaban J connectivity index is 1.94. The monoisotopic (exact) mass is 270 g/mol. The van der Waals surface area contributed by atoms with E-state index in [1.807, 2.05) is 0 Å². The second-order valence-corrected chi connectivity index (χ2v) is 5.57. The molecule has 1 aromatic heterocycles. The third kappa shape index (κ3) is 3.24. The fourth-order valence-electron chi connectivity index (χ4n) is 2.20. The lowest BCUT2D eigenvalue weighted by atomic mass is 10.1. The summed E-state index contributed by atoms with van der Waals surface area (Å²) in [5.74, 6) is -0.375. The molecule has 1 unspecified atom stereocenters. The first-order valence-electron chi connectivity index (χ1n) is 6.01. The third-order valence-corrected chi connectivity index (χ3v) is 3.97. The molecule has 0 aromatic carbocycles. The Morgan fingerprint density at radius 3 is 3.00 bits per heavy atom. The summed E-state index contributed by atoms with van der Waals surface area (Å²) in [6.45, 7) is 2.68. The van der Waals surface area contributed by atoms with E-state index < -0.39 is 5.97 Å². The number of aromatic carboxylic acids is 1. The second kappa shape index (κ2) is 5.73. The van der Waals surface area contributed by atoms with E-state index in [0.717, 1.165) is 24.6 Å². The van der Waals surface area contributed by atoms with E-state index in [9.17, 15) is 4.79 Å². The fraction of sp³-hybridized carbons (Fsp3) is 0.727. The zero-order valence-corrected chi connectivity index (χ0v) is 11.5. The molecule has 1 aromatic rings. The molecule has 1 atom stereocenters. The topological polar surface area (TPSA) is 69.6 Å². The predicted octanol–water partition coefficient (Wildman–Crippen LogP) is 0.762. The van der Waals surface area contributed by atoms with Crippen molar-refractivity contribution in [3.8, 4) is 0 Å². The zero-order valence-electron chi connectivity index (χ0n) is 10.7. The van der Waals surface area contributed by atoms with Crippen molar-refractivity contribution in [3.05, 3.63) is 10.8 Å². The van der Waals surface area contributed by atoms with Gasteiger partial charge < -0.3 is 10.0 Å². The Hall–Kier alpha value is -1.05. The Bertz CT molecular complexity index is 421. The van der Waals surface area contributed by atoms with E-state index in [1.54, 1.807) is 0 Å². The Morgan fingerprint density at radius 2 is 2.39 bits per heavy atom. The van der Waals surface area contributed by atoms with Crippen LogP contribution in [0.1, 0.15) is 28.5 Å². The van der Waals surface area contributed by atoms with Crippen molar-refractivity contribution in [2.75, 3.05) is 27.2 Å². The lowest BCUT2D eigenvalue weighted by Crippen LogP contribution is -2.44. The van der Waals surface area contributed by atoms with Crippen LogP contribution in [0.4, 0.5) is 0 Å². The molecule has 0 bridgehead atoms. The minimum atomic E-state index is -0.997. The van der Waals surface area contributed by atoms with Gasteiger partial charge in [-0.2, -0.15) is 4.37 Å². The fourth-order valence-corrected chi connectivity index (χ4v) is 2.72. The highest BCUT2D eigenvalue weighted by atomic mass is 32.1. The third-order valence-electron chi connectivity index (χ3n) is 3.23. The summed E-state index contributed by atoms with van der Waals surface area (Å²) in [4.78, 5) is 19.3. The number of hydrogen-bond acceptors (Lipinski definition) is 6. The Labute approximate surface area is 110 Å². The number of likely N-dealkylation sites (N-methyl/N-ethyl adjacent to an activating group) is 1. The van der Waals surface area contributed by atoms with Gasteiger partial charge in [0.15, 0.2) is 5.82 Å². The number of carboxylic acid groups (broad SMARTS) is 1. The minimum Gasteiger partial charge on any atom is -0.476 e. The van der Waals surface area contributed by atoms with Gasteiger partial charge in [0.05, 0.1) is 6.54 Å². The molecule has 2 rings (SSSR count). The van der Waals surface area contributed by atoms with E-state index in [4.69, 9.17) is 5.11 Å². The van der Waals surface area contributed by atoms with Crippen LogP contribution in [0.2, 0.25) is 0 Å². The molecule has 18 heavy (non-hydrogen) atoms. The SMILES string of the molecule is CN(C)C1CCCN(Cc2nsc(C(=O)O)n2)C1. The smallest absolute Gasteiger partial charge is 0.366 e. The lowest BCUT2D eigenvalue weighted by Gasteiger charge is -2.35. The molecule has 100 valence electrons. The summed E-state index contributed by atoms with van der Waals surface area (Å²) in [7, 11) is 4.19. The van der Waals surface area contributed by atoms with Gasteiger partial charge in [-0.05, 0) is 45.0 Å². The highest BCUT2D eigenvalue weighted by Crippen LogP contribution is 2.16. The van der Waals surface area contributed by atoms with Crippen LogP contribution in [0.3, 0.4) is 0 Å². The van der Waals surface area contributed by atoms with Crippen molar-refractivity contribution in [2.45, 2.75) is 25.4 Å². The van der Waals surface area contributed by atoms with E-state index in [2.05, 4.69) is 33.3 Å². The summed E-state index contributed by atoms with van der Waals surface area (Å²) < 4.78 is 4.10. The summed E-state index contributed by atoms with van der Waals surface area (Å²) in [6, 6.07) is 0.566. The summed E-state index contributed by atoms with van der Waals surface area (Å²) in [6.07, 6.45) is 2.38. The van der Waals surface area contributed by atoms with Crippen molar-refractivity contribution in [1.82, 2.24) is 19.2 Å². The van der Waals surface area contributed by atoms with Crippen LogP contribution >= 0.6 is 11.5 Å². The molecule has 1 aliphatic heterocycles. The molecule has 0 radical (unpaired) electrons. The van der Waals surface area contributed by atoms with Crippen LogP contribution in [-0.4, -0.2) is 63.5 Å². The first-order valence-corrected chi connectivity index (χ1v) is 6.78. The molecule has 0 amide bonds. The van der Waals surface area contributed by atoms with E-state index in [1.165, 1.54) is 12.8 Å². The first-order chi connectivity index (χ1) is 8.56. The van der Waals surface area contributed by atoms with Gasteiger partial charge in [0, 0.05) is 12.6 Å². The largest absolute Gasteiger partial charge is 0.476 e. The Kier molecular flexibility index (Phi) is 4.26. The maximum Gasteiger partial charge on any atom is 0.366 e. The normalized spacial score (nSPS) is 21.4. The lowest BCUT2D eigenvalue weighted by molar-refractivity contribution is 0.0695. The van der Waals surface area contributed by atoms with Crippen LogP contribution in [0.15, 0.2) is 0 Å². The van der Waals surface area contributed by atoms with Crippen LogP contribution in [0.25, 0.3) is 0 Å². The van der Waals surface area contributed by atoms with E-state index in [0.29, 0.717) is 18.4 Å². The molecule has 1 aliphatic rings. The molecular weight excluding hydrogens is 252 g/mol. The number of carbonyl (C=O) groups is 1. The standard InChI is InChI=1S/C11H18N4O2S/c1-14(2)8-4-3-5-15(6-8)7-9-12-10(11(16)17)18-13-9/h8H,3-7H2,1-2H3,(H,16,17). The number of nitrogens with zero attached hydrogens (tertiary/aromatic N) is 4. The number of piperidine rings is 1. The number of aromatic nitrogens is 2. The van der Waals surface area contributed by atoms with Gasteiger partial charge in [0.25, 0.3) is 0 Å². The molecule has 1 saturated heterocycles. The van der Waals surface area contributed by atoms with Crippen molar-refractivity contribution < 1.29 is 9.90 Å². The first kappa shape index (κ1) is 13.4. The average Bonchev–Trinajstić information content (AvgIpc) is 2.78. The zero-order chi connectivity index (χ0) is 13.1. The predicted molar refractivity (Wildman–Crippen MR) is 68.9 cm³/mol. The van der Waals surface area contributed by atoms with Crippen LogP contribution in [0, 0.1) is 0 Å². The average molecular weight is 270 g/mol. The van der Waals surface area contributed by atoms with Crippen LogP contribution in [0.5, 0.6) is 0 Å². The molecular formula is C11H18N4O2S. The Morgan fingerprint density at radius 1 is 1.61 bits per heavy atom. The van der Waals surface area contributed by atoms with Gasteiger partial charge in [-0.3, -0.25) is 4.90 Å². The van der Waals surface area contributed by atoms with Crippen LogP contribution in [-0.2, 0) is 6.54 Å². The molecule has 2 heterocycles. The highest BCUT2D eigenvalue weighted by Gasteiger charge is 2.22.